The molecular weight excluding hydrogens is 361 g/mol. The van der Waals surface area contributed by atoms with Gasteiger partial charge in [0, 0.05) is 18.0 Å². The van der Waals surface area contributed by atoms with Crippen LogP contribution in [-0.2, 0) is 6.42 Å². The van der Waals surface area contributed by atoms with Crippen LogP contribution in [0.3, 0.4) is 0 Å². The minimum atomic E-state index is -0.615. The molecule has 1 atom stereocenters. The van der Waals surface area contributed by atoms with Crippen molar-refractivity contribution in [3.05, 3.63) is 39.4 Å². The molecule has 1 aliphatic rings. The van der Waals surface area contributed by atoms with Crippen LogP contribution in [0, 0.1) is 5.82 Å². The number of hydrogen-bond acceptors (Lipinski definition) is 4. The van der Waals surface area contributed by atoms with Gasteiger partial charge in [0.25, 0.3) is 11.5 Å². The minimum absolute atomic E-state index is 0.122. The number of pyridine rings is 1. The Hall–Kier alpha value is -2.41. The lowest BCUT2D eigenvalue weighted by molar-refractivity contribution is 0.0947. The Labute approximate surface area is 164 Å². The van der Waals surface area contributed by atoms with Gasteiger partial charge in [0.1, 0.15) is 17.1 Å². The Morgan fingerprint density at radius 2 is 2.07 bits per heavy atom. The summed E-state index contributed by atoms with van der Waals surface area (Å²) in [5.41, 5.74) is 0.388. The van der Waals surface area contributed by atoms with E-state index < -0.39 is 23.0 Å². The molecule has 0 radical (unpaired) electrons. The van der Waals surface area contributed by atoms with E-state index in [4.69, 9.17) is 0 Å². The van der Waals surface area contributed by atoms with Crippen LogP contribution in [0.1, 0.15) is 55.6 Å². The molecule has 0 saturated heterocycles. The molecule has 1 aliphatic heterocycles. The number of nitrogens with zero attached hydrogens (tertiary/aromatic N) is 2. The second kappa shape index (κ2) is 8.31. The van der Waals surface area contributed by atoms with Crippen molar-refractivity contribution >= 4 is 16.8 Å². The minimum Gasteiger partial charge on any atom is -0.506 e. The van der Waals surface area contributed by atoms with Crippen LogP contribution in [0.5, 0.6) is 5.75 Å². The topological polar surface area (TPSA) is 74.6 Å². The van der Waals surface area contributed by atoms with Gasteiger partial charge >= 0.3 is 0 Å². The summed E-state index contributed by atoms with van der Waals surface area (Å²) in [7, 11) is 0. The number of carbonyl (C=O) groups excluding carboxylic acids is 1. The third-order valence-corrected chi connectivity index (χ3v) is 5.65. The molecule has 1 amide bonds. The van der Waals surface area contributed by atoms with Crippen molar-refractivity contribution in [2.24, 2.45) is 0 Å². The van der Waals surface area contributed by atoms with Crippen molar-refractivity contribution in [3.63, 3.8) is 0 Å². The van der Waals surface area contributed by atoms with Crippen molar-refractivity contribution in [3.8, 4) is 5.75 Å². The second-order valence-electron chi connectivity index (χ2n) is 7.38. The van der Waals surface area contributed by atoms with Gasteiger partial charge in [-0.2, -0.15) is 0 Å². The van der Waals surface area contributed by atoms with E-state index in [1.807, 2.05) is 6.92 Å². The molecule has 6 nitrogen and oxygen atoms in total. The van der Waals surface area contributed by atoms with E-state index >= 15 is 0 Å². The molecule has 2 heterocycles. The van der Waals surface area contributed by atoms with Gasteiger partial charge in [0.05, 0.1) is 5.52 Å². The van der Waals surface area contributed by atoms with Crippen LogP contribution in [0.2, 0.25) is 0 Å². The zero-order valence-electron chi connectivity index (χ0n) is 16.7. The number of aromatic nitrogens is 1. The number of aryl methyl sites for hydroxylation is 1. The number of hydrogen-bond donors (Lipinski definition) is 2. The normalized spacial score (nSPS) is 16.0. The maximum absolute atomic E-state index is 14.0. The molecule has 0 bridgehead atoms. The Morgan fingerprint density at radius 1 is 1.36 bits per heavy atom. The molecule has 0 spiro atoms. The van der Waals surface area contributed by atoms with E-state index in [0.717, 1.165) is 26.1 Å². The molecule has 0 unspecified atom stereocenters. The molecule has 152 valence electrons. The van der Waals surface area contributed by atoms with Gasteiger partial charge in [-0.05, 0) is 63.5 Å². The standard InChI is InChI=1S/C21H28FN3O3/c1-4-24(5-2)10-6-9-23-20(27)17-19(26)16-12-15(22)11-14-8-7-13(3)25(18(14)16)21(17)28/h11-13,26H,4-10H2,1-3H3,(H,23,27)/t13-/m1/s1. The number of amides is 1. The van der Waals surface area contributed by atoms with E-state index in [0.29, 0.717) is 30.5 Å². The molecule has 0 fully saturated rings. The summed E-state index contributed by atoms with van der Waals surface area (Å²) in [4.78, 5) is 28.0. The molecule has 0 saturated carbocycles. The maximum Gasteiger partial charge on any atom is 0.267 e. The van der Waals surface area contributed by atoms with E-state index in [2.05, 4.69) is 24.1 Å². The first-order valence-electron chi connectivity index (χ1n) is 9.99. The summed E-state index contributed by atoms with van der Waals surface area (Å²) in [6.45, 7) is 9.17. The van der Waals surface area contributed by atoms with Crippen molar-refractivity contribution < 1.29 is 14.3 Å². The van der Waals surface area contributed by atoms with Gasteiger partial charge in [-0.1, -0.05) is 13.8 Å². The van der Waals surface area contributed by atoms with Gasteiger partial charge in [-0.15, -0.1) is 0 Å². The van der Waals surface area contributed by atoms with Crippen LogP contribution in [0.15, 0.2) is 16.9 Å². The van der Waals surface area contributed by atoms with E-state index in [-0.39, 0.29) is 17.0 Å². The Balaban J connectivity index is 1.94. The highest BCUT2D eigenvalue weighted by Gasteiger charge is 2.28. The average Bonchev–Trinajstić information content (AvgIpc) is 2.67. The van der Waals surface area contributed by atoms with Crippen molar-refractivity contribution in [2.75, 3.05) is 26.2 Å². The Morgan fingerprint density at radius 3 is 2.75 bits per heavy atom. The van der Waals surface area contributed by atoms with Crippen LogP contribution >= 0.6 is 0 Å². The lowest BCUT2D eigenvalue weighted by Gasteiger charge is -2.26. The zero-order chi connectivity index (χ0) is 20.4. The van der Waals surface area contributed by atoms with E-state index in [1.54, 1.807) is 0 Å². The maximum atomic E-state index is 14.0. The number of rotatable bonds is 7. The summed E-state index contributed by atoms with van der Waals surface area (Å²) >= 11 is 0. The van der Waals surface area contributed by atoms with Crippen LogP contribution in [0.4, 0.5) is 4.39 Å². The molecule has 28 heavy (non-hydrogen) atoms. The summed E-state index contributed by atoms with van der Waals surface area (Å²) in [6, 6.07) is 2.47. The lowest BCUT2D eigenvalue weighted by atomic mass is 9.95. The lowest BCUT2D eigenvalue weighted by Crippen LogP contribution is -2.37. The second-order valence-corrected chi connectivity index (χ2v) is 7.38. The largest absolute Gasteiger partial charge is 0.506 e. The first kappa shape index (κ1) is 20.3. The first-order valence-corrected chi connectivity index (χ1v) is 9.99. The molecule has 2 N–H and O–H groups in total. The van der Waals surface area contributed by atoms with Crippen molar-refractivity contribution in [1.29, 1.82) is 0 Å². The fourth-order valence-electron chi connectivity index (χ4n) is 4.02. The highest BCUT2D eigenvalue weighted by atomic mass is 19.1. The molecule has 1 aromatic carbocycles. The van der Waals surface area contributed by atoms with Gasteiger partial charge < -0.3 is 19.9 Å². The summed E-state index contributed by atoms with van der Waals surface area (Å²) in [6.07, 6.45) is 2.05. The Kier molecular flexibility index (Phi) is 6.03. The zero-order valence-corrected chi connectivity index (χ0v) is 16.7. The molecule has 3 rings (SSSR count). The monoisotopic (exact) mass is 389 g/mol. The summed E-state index contributed by atoms with van der Waals surface area (Å²) in [5, 5.41) is 13.6. The molecule has 0 aliphatic carbocycles. The van der Waals surface area contributed by atoms with Crippen LogP contribution < -0.4 is 10.9 Å². The number of carbonyl (C=O) groups is 1. The number of halogens is 1. The molecular formula is C21H28FN3O3. The third-order valence-electron chi connectivity index (χ3n) is 5.65. The fourth-order valence-corrected chi connectivity index (χ4v) is 4.02. The molecule has 1 aromatic heterocycles. The van der Waals surface area contributed by atoms with Gasteiger partial charge in [-0.25, -0.2) is 4.39 Å². The van der Waals surface area contributed by atoms with Gasteiger partial charge in [0.2, 0.25) is 0 Å². The summed E-state index contributed by atoms with van der Waals surface area (Å²) < 4.78 is 15.6. The van der Waals surface area contributed by atoms with Crippen molar-refractivity contribution in [1.82, 2.24) is 14.8 Å². The van der Waals surface area contributed by atoms with Crippen LogP contribution in [0.25, 0.3) is 10.9 Å². The summed E-state index contributed by atoms with van der Waals surface area (Å²) in [5.74, 6) is -1.54. The predicted molar refractivity (Wildman–Crippen MR) is 108 cm³/mol. The third kappa shape index (κ3) is 3.63. The first-order chi connectivity index (χ1) is 13.4. The number of aromatic hydroxyl groups is 1. The highest BCUT2D eigenvalue weighted by Crippen LogP contribution is 2.35. The number of nitrogens with one attached hydrogen (secondary N) is 1. The average molecular weight is 389 g/mol. The van der Waals surface area contributed by atoms with Crippen molar-refractivity contribution in [2.45, 2.75) is 46.1 Å². The SMILES string of the molecule is CCN(CC)CCCNC(=O)c1c(O)c2cc(F)cc3c2n(c1=O)[C@H](C)CC3. The quantitative estimate of drug-likeness (QED) is 0.714. The van der Waals surface area contributed by atoms with Gasteiger partial charge in [-0.3, -0.25) is 9.59 Å². The van der Waals surface area contributed by atoms with Gasteiger partial charge in [0.15, 0.2) is 0 Å². The van der Waals surface area contributed by atoms with E-state index in [1.165, 1.54) is 16.7 Å². The van der Waals surface area contributed by atoms with Crippen LogP contribution in [-0.4, -0.2) is 46.7 Å². The number of benzene rings is 1. The fraction of sp³-hybridized carbons (Fsp3) is 0.524. The smallest absolute Gasteiger partial charge is 0.267 e. The Bertz CT molecular complexity index is 950. The molecule has 7 heteroatoms. The molecule has 2 aromatic rings. The van der Waals surface area contributed by atoms with E-state index in [9.17, 15) is 19.1 Å². The predicted octanol–water partition coefficient (Wildman–Crippen LogP) is 2.82. The highest BCUT2D eigenvalue weighted by molar-refractivity contribution is 6.03.